The van der Waals surface area contributed by atoms with Crippen molar-refractivity contribution in [3.05, 3.63) is 41.8 Å². The molecule has 0 radical (unpaired) electrons. The molecule has 0 amide bonds. The maximum Gasteiger partial charge on any atom is 0.240 e. The number of nitrogens with two attached hydrogens (primary N) is 1. The third-order valence-electron chi connectivity index (χ3n) is 2.01. The van der Waals surface area contributed by atoms with Crippen molar-refractivity contribution >= 4 is 5.95 Å². The molecule has 1 aromatic heterocycles. The first kappa shape index (κ1) is 11.3. The van der Waals surface area contributed by atoms with Gasteiger partial charge >= 0.3 is 0 Å². The lowest BCUT2D eigenvalue weighted by molar-refractivity contribution is 0.426. The van der Waals surface area contributed by atoms with Crippen molar-refractivity contribution in [2.24, 2.45) is 5.84 Å². The van der Waals surface area contributed by atoms with E-state index in [4.69, 9.17) is 10.6 Å². The minimum Gasteiger partial charge on any atom is -0.436 e. The van der Waals surface area contributed by atoms with E-state index < -0.39 is 5.82 Å². The monoisotopic (exact) mass is 234 g/mol. The summed E-state index contributed by atoms with van der Waals surface area (Å²) in [5, 5.41) is 0. The smallest absolute Gasteiger partial charge is 0.240 e. The average Bonchev–Trinajstić information content (AvgIpc) is 2.31. The molecule has 2 rings (SSSR count). The molecule has 0 atom stereocenters. The van der Waals surface area contributed by atoms with Crippen LogP contribution >= 0.6 is 0 Å². The highest BCUT2D eigenvalue weighted by Crippen LogP contribution is 2.23. The molecule has 5 nitrogen and oxygen atoms in total. The zero-order chi connectivity index (χ0) is 12.3. The highest BCUT2D eigenvalue weighted by Gasteiger charge is 2.06. The molecule has 1 heterocycles. The van der Waals surface area contributed by atoms with Gasteiger partial charge in [-0.25, -0.2) is 15.2 Å². The summed E-state index contributed by atoms with van der Waals surface area (Å²) < 4.78 is 18.7. The number of anilines is 1. The predicted octanol–water partition coefficient (Wildman–Crippen LogP) is 2.00. The van der Waals surface area contributed by atoms with E-state index in [1.807, 2.05) is 0 Å². The van der Waals surface area contributed by atoms with Gasteiger partial charge in [-0.3, -0.25) is 5.43 Å². The van der Waals surface area contributed by atoms with Gasteiger partial charge in [-0.1, -0.05) is 12.1 Å². The lowest BCUT2D eigenvalue weighted by atomic mass is 10.3. The minimum absolute atomic E-state index is 0.105. The molecule has 0 aliphatic carbocycles. The number of para-hydroxylation sites is 1. The van der Waals surface area contributed by atoms with E-state index in [2.05, 4.69) is 15.4 Å². The fraction of sp³-hybridized carbons (Fsp3) is 0.0909. The van der Waals surface area contributed by atoms with Crippen molar-refractivity contribution in [2.75, 3.05) is 5.43 Å². The number of ether oxygens (including phenoxy) is 1. The van der Waals surface area contributed by atoms with E-state index in [0.29, 0.717) is 5.69 Å². The van der Waals surface area contributed by atoms with Crippen LogP contribution in [0.2, 0.25) is 0 Å². The molecule has 17 heavy (non-hydrogen) atoms. The lowest BCUT2D eigenvalue weighted by Gasteiger charge is -2.07. The Labute approximate surface area is 97.4 Å². The fourth-order valence-electron chi connectivity index (χ4n) is 1.30. The summed E-state index contributed by atoms with van der Waals surface area (Å²) in [6, 6.07) is 7.68. The van der Waals surface area contributed by atoms with Gasteiger partial charge < -0.3 is 4.74 Å². The second-order valence-corrected chi connectivity index (χ2v) is 3.35. The number of nitrogen functional groups attached to an aromatic ring is 1. The number of aryl methyl sites for hydroxylation is 1. The molecule has 0 saturated heterocycles. The van der Waals surface area contributed by atoms with E-state index in [-0.39, 0.29) is 17.6 Å². The number of aromatic nitrogens is 2. The van der Waals surface area contributed by atoms with E-state index in [1.165, 1.54) is 12.1 Å². The van der Waals surface area contributed by atoms with Gasteiger partial charge in [0.25, 0.3) is 0 Å². The summed E-state index contributed by atoms with van der Waals surface area (Å²) in [7, 11) is 0. The first-order valence-corrected chi connectivity index (χ1v) is 4.94. The van der Waals surface area contributed by atoms with Gasteiger partial charge in [0.05, 0.1) is 0 Å². The van der Waals surface area contributed by atoms with Crippen molar-refractivity contribution in [2.45, 2.75) is 6.92 Å². The SMILES string of the molecule is Cc1cc(Oc2ccccc2F)nc(NN)n1. The Hall–Kier alpha value is -2.21. The molecule has 0 aliphatic heterocycles. The molecule has 0 saturated carbocycles. The quantitative estimate of drug-likeness (QED) is 0.627. The predicted molar refractivity (Wildman–Crippen MR) is 61.1 cm³/mol. The van der Waals surface area contributed by atoms with Crippen LogP contribution in [-0.4, -0.2) is 9.97 Å². The number of rotatable bonds is 3. The minimum atomic E-state index is -0.453. The van der Waals surface area contributed by atoms with E-state index in [0.717, 1.165) is 0 Å². The number of nitrogens with zero attached hydrogens (tertiary/aromatic N) is 2. The molecule has 3 N–H and O–H groups in total. The van der Waals surface area contributed by atoms with Gasteiger partial charge in [0, 0.05) is 11.8 Å². The molecule has 0 aliphatic rings. The third-order valence-corrected chi connectivity index (χ3v) is 2.01. The third kappa shape index (κ3) is 2.67. The van der Waals surface area contributed by atoms with Gasteiger partial charge in [0.15, 0.2) is 11.6 Å². The molecule has 6 heteroatoms. The number of hydrazine groups is 1. The average molecular weight is 234 g/mol. The van der Waals surface area contributed by atoms with Crippen LogP contribution in [0.5, 0.6) is 11.6 Å². The van der Waals surface area contributed by atoms with Crippen LogP contribution in [0, 0.1) is 12.7 Å². The van der Waals surface area contributed by atoms with Crippen LogP contribution in [0.25, 0.3) is 0 Å². The van der Waals surface area contributed by atoms with E-state index >= 15 is 0 Å². The zero-order valence-corrected chi connectivity index (χ0v) is 9.14. The van der Waals surface area contributed by atoms with E-state index in [9.17, 15) is 4.39 Å². The lowest BCUT2D eigenvalue weighted by Crippen LogP contribution is -2.11. The molecule has 0 fully saturated rings. The topological polar surface area (TPSA) is 73.1 Å². The number of hydrogen-bond donors (Lipinski definition) is 2. The van der Waals surface area contributed by atoms with Crippen molar-refractivity contribution in [1.82, 2.24) is 9.97 Å². The highest BCUT2D eigenvalue weighted by molar-refractivity contribution is 5.33. The maximum atomic E-state index is 13.3. The second kappa shape index (κ2) is 4.75. The number of hydrogen-bond acceptors (Lipinski definition) is 5. The largest absolute Gasteiger partial charge is 0.436 e. The first-order chi connectivity index (χ1) is 8.19. The van der Waals surface area contributed by atoms with Gasteiger partial charge in [-0.15, -0.1) is 0 Å². The molecule has 0 unspecified atom stereocenters. The first-order valence-electron chi connectivity index (χ1n) is 4.94. The normalized spacial score (nSPS) is 10.1. The van der Waals surface area contributed by atoms with Crippen LogP contribution in [-0.2, 0) is 0 Å². The van der Waals surface area contributed by atoms with Crippen molar-refractivity contribution in [1.29, 1.82) is 0 Å². The Kier molecular flexibility index (Phi) is 3.15. The molecule has 2 aromatic rings. The Bertz CT molecular complexity index is 533. The van der Waals surface area contributed by atoms with Crippen LogP contribution in [0.15, 0.2) is 30.3 Å². The molecule has 1 aromatic carbocycles. The summed E-state index contributed by atoms with van der Waals surface area (Å²) in [5.74, 6) is 5.31. The standard InChI is InChI=1S/C11H11FN4O/c1-7-6-10(15-11(14-7)16-13)17-9-5-3-2-4-8(9)12/h2-6H,13H2,1H3,(H,14,15,16). The number of halogens is 1. The Morgan fingerprint density at radius 1 is 1.29 bits per heavy atom. The van der Waals surface area contributed by atoms with E-state index in [1.54, 1.807) is 25.1 Å². The summed E-state index contributed by atoms with van der Waals surface area (Å²) in [4.78, 5) is 7.95. The Balaban J connectivity index is 2.30. The molecular formula is C11H11FN4O. The fourth-order valence-corrected chi connectivity index (χ4v) is 1.30. The summed E-state index contributed by atoms with van der Waals surface area (Å²) >= 11 is 0. The Morgan fingerprint density at radius 3 is 2.76 bits per heavy atom. The van der Waals surface area contributed by atoms with Crippen molar-refractivity contribution in [3.8, 4) is 11.6 Å². The summed E-state index contributed by atoms with van der Waals surface area (Å²) in [5.41, 5.74) is 2.98. The van der Waals surface area contributed by atoms with Crippen LogP contribution in [0.1, 0.15) is 5.69 Å². The van der Waals surface area contributed by atoms with Crippen molar-refractivity contribution < 1.29 is 9.13 Å². The Morgan fingerprint density at radius 2 is 2.06 bits per heavy atom. The van der Waals surface area contributed by atoms with Crippen LogP contribution in [0.3, 0.4) is 0 Å². The molecular weight excluding hydrogens is 223 g/mol. The van der Waals surface area contributed by atoms with Crippen LogP contribution < -0.4 is 16.0 Å². The maximum absolute atomic E-state index is 13.3. The molecule has 0 spiro atoms. The van der Waals surface area contributed by atoms with Gasteiger partial charge in [0.2, 0.25) is 11.8 Å². The highest BCUT2D eigenvalue weighted by atomic mass is 19.1. The van der Waals surface area contributed by atoms with Gasteiger partial charge in [-0.2, -0.15) is 4.98 Å². The molecule has 88 valence electrons. The van der Waals surface area contributed by atoms with Crippen molar-refractivity contribution in [3.63, 3.8) is 0 Å². The summed E-state index contributed by atoms with van der Waals surface area (Å²) in [6.45, 7) is 1.76. The zero-order valence-electron chi connectivity index (χ0n) is 9.14. The number of nitrogens with one attached hydrogen (secondary N) is 1. The summed E-state index contributed by atoms with van der Waals surface area (Å²) in [6.07, 6.45) is 0. The van der Waals surface area contributed by atoms with Gasteiger partial charge in [0.1, 0.15) is 0 Å². The molecule has 0 bridgehead atoms. The second-order valence-electron chi connectivity index (χ2n) is 3.35. The van der Waals surface area contributed by atoms with Crippen LogP contribution in [0.4, 0.5) is 10.3 Å². The van der Waals surface area contributed by atoms with Gasteiger partial charge in [-0.05, 0) is 19.1 Å². The number of benzene rings is 1.